The fourth-order valence-corrected chi connectivity index (χ4v) is 2.96. The molecule has 32 heavy (non-hydrogen) atoms. The Labute approximate surface area is 191 Å². The molecular formula is C22H26ClN3O6. The quantitative estimate of drug-likeness (QED) is 0.377. The van der Waals surface area contributed by atoms with Gasteiger partial charge in [0.05, 0.1) is 38.1 Å². The third-order valence-electron chi connectivity index (χ3n) is 4.12. The molecule has 0 heterocycles. The summed E-state index contributed by atoms with van der Waals surface area (Å²) in [7, 11) is 3.00. The third-order valence-corrected chi connectivity index (χ3v) is 4.40. The highest BCUT2D eigenvalue weighted by Gasteiger charge is 2.24. The standard InChI is InChI=1S/C22H26ClN3O6/c1-6-31-19-11-14(10-18(23)21(19)32-7-2)24-22(28)20(13(3)27)26-25-15-8-16(29-4)12-17(9-15)30-5/h8-12,20H,6-7H2,1-5H3,(H,24,28). The predicted molar refractivity (Wildman–Crippen MR) is 121 cm³/mol. The maximum atomic E-state index is 12.8. The molecule has 0 spiro atoms. The van der Waals surface area contributed by atoms with Gasteiger partial charge in [-0.2, -0.15) is 10.2 Å². The number of ketones is 1. The van der Waals surface area contributed by atoms with Crippen molar-refractivity contribution in [3.05, 3.63) is 35.4 Å². The van der Waals surface area contributed by atoms with Crippen LogP contribution >= 0.6 is 11.6 Å². The number of anilines is 1. The van der Waals surface area contributed by atoms with E-state index in [1.165, 1.54) is 27.2 Å². The molecule has 1 N–H and O–H groups in total. The molecule has 9 nitrogen and oxygen atoms in total. The van der Waals surface area contributed by atoms with Gasteiger partial charge >= 0.3 is 0 Å². The summed E-state index contributed by atoms with van der Waals surface area (Å²) in [4.78, 5) is 24.8. The summed E-state index contributed by atoms with van der Waals surface area (Å²) in [5, 5.41) is 10.8. The Morgan fingerprint density at radius 3 is 2.16 bits per heavy atom. The lowest BCUT2D eigenvalue weighted by Gasteiger charge is -2.15. The lowest BCUT2D eigenvalue weighted by atomic mass is 10.2. The summed E-state index contributed by atoms with van der Waals surface area (Å²) >= 11 is 6.28. The van der Waals surface area contributed by atoms with Gasteiger partial charge in [0.1, 0.15) is 11.5 Å². The average molecular weight is 464 g/mol. The third kappa shape index (κ3) is 6.58. The van der Waals surface area contributed by atoms with E-state index in [1.54, 1.807) is 24.3 Å². The van der Waals surface area contributed by atoms with Crippen molar-refractivity contribution < 1.29 is 28.5 Å². The average Bonchev–Trinajstić information content (AvgIpc) is 2.75. The first-order valence-corrected chi connectivity index (χ1v) is 10.2. The number of carbonyl (C=O) groups is 2. The zero-order valence-corrected chi connectivity index (χ0v) is 19.4. The molecule has 10 heteroatoms. The minimum absolute atomic E-state index is 0.262. The number of hydrogen-bond acceptors (Lipinski definition) is 8. The van der Waals surface area contributed by atoms with Crippen molar-refractivity contribution in [1.29, 1.82) is 0 Å². The molecule has 172 valence electrons. The van der Waals surface area contributed by atoms with Crippen LogP contribution in [0.25, 0.3) is 0 Å². The van der Waals surface area contributed by atoms with Crippen LogP contribution in [-0.2, 0) is 9.59 Å². The topological polar surface area (TPSA) is 108 Å². The number of ether oxygens (including phenoxy) is 4. The lowest BCUT2D eigenvalue weighted by molar-refractivity contribution is -0.126. The summed E-state index contributed by atoms with van der Waals surface area (Å²) < 4.78 is 21.4. The van der Waals surface area contributed by atoms with E-state index >= 15 is 0 Å². The Bertz CT molecular complexity index is 974. The van der Waals surface area contributed by atoms with Crippen LogP contribution in [0.15, 0.2) is 40.6 Å². The molecule has 1 unspecified atom stereocenters. The van der Waals surface area contributed by atoms with Crippen LogP contribution in [-0.4, -0.2) is 45.2 Å². The molecule has 0 radical (unpaired) electrons. The van der Waals surface area contributed by atoms with E-state index < -0.39 is 17.7 Å². The number of methoxy groups -OCH3 is 2. The van der Waals surface area contributed by atoms with Gasteiger partial charge in [0.2, 0.25) is 6.04 Å². The fraction of sp³-hybridized carbons (Fsp3) is 0.364. The van der Waals surface area contributed by atoms with E-state index in [2.05, 4.69) is 15.5 Å². The number of hydrogen-bond donors (Lipinski definition) is 1. The van der Waals surface area contributed by atoms with E-state index in [0.717, 1.165) is 0 Å². The highest BCUT2D eigenvalue weighted by atomic mass is 35.5. The minimum atomic E-state index is -1.37. The van der Waals surface area contributed by atoms with Crippen molar-refractivity contribution >= 4 is 34.7 Å². The number of amides is 1. The van der Waals surface area contributed by atoms with E-state index in [1.807, 2.05) is 13.8 Å². The summed E-state index contributed by atoms with van der Waals surface area (Å²) in [6.07, 6.45) is 0. The van der Waals surface area contributed by atoms with Gasteiger partial charge in [-0.15, -0.1) is 0 Å². The van der Waals surface area contributed by atoms with Crippen molar-refractivity contribution in [3.63, 3.8) is 0 Å². The number of rotatable bonds is 11. The SMILES string of the molecule is CCOc1cc(NC(=O)C(N=Nc2cc(OC)cc(OC)c2)C(C)=O)cc(Cl)c1OCC. The van der Waals surface area contributed by atoms with E-state index in [0.29, 0.717) is 47.6 Å². The summed E-state index contributed by atoms with van der Waals surface area (Å²) in [5.41, 5.74) is 0.694. The molecule has 2 aromatic carbocycles. The molecule has 2 aromatic rings. The minimum Gasteiger partial charge on any atom is -0.497 e. The van der Waals surface area contributed by atoms with Gasteiger partial charge in [0.15, 0.2) is 17.3 Å². The van der Waals surface area contributed by atoms with Crippen molar-refractivity contribution in [1.82, 2.24) is 0 Å². The lowest BCUT2D eigenvalue weighted by Crippen LogP contribution is -2.31. The van der Waals surface area contributed by atoms with Crippen LogP contribution in [0.3, 0.4) is 0 Å². The smallest absolute Gasteiger partial charge is 0.258 e. The molecule has 2 rings (SSSR count). The molecule has 0 aliphatic heterocycles. The highest BCUT2D eigenvalue weighted by Crippen LogP contribution is 2.38. The zero-order valence-electron chi connectivity index (χ0n) is 18.6. The molecule has 0 saturated carbocycles. The van der Waals surface area contributed by atoms with Gasteiger partial charge in [0, 0.05) is 30.0 Å². The molecular weight excluding hydrogens is 438 g/mol. The molecule has 0 aliphatic carbocycles. The Morgan fingerprint density at radius 1 is 1.00 bits per heavy atom. The number of nitrogens with zero attached hydrogens (tertiary/aromatic N) is 2. The second-order valence-corrected chi connectivity index (χ2v) is 6.85. The Kier molecular flexibility index (Phi) is 9.27. The van der Waals surface area contributed by atoms with Gasteiger partial charge in [-0.05, 0) is 26.8 Å². The monoisotopic (exact) mass is 463 g/mol. The molecule has 0 aliphatic rings. The Hall–Kier alpha value is -3.33. The number of carbonyl (C=O) groups excluding carboxylic acids is 2. The van der Waals surface area contributed by atoms with Crippen molar-refractivity contribution in [2.75, 3.05) is 32.8 Å². The summed E-state index contributed by atoms with van der Waals surface area (Å²) in [6, 6.07) is 6.57. The zero-order chi connectivity index (χ0) is 23.7. The Morgan fingerprint density at radius 2 is 1.62 bits per heavy atom. The van der Waals surface area contributed by atoms with Crippen molar-refractivity contribution in [2.45, 2.75) is 26.8 Å². The first-order chi connectivity index (χ1) is 15.3. The summed E-state index contributed by atoms with van der Waals surface area (Å²) in [5.74, 6) is 0.594. The number of benzene rings is 2. The first-order valence-electron chi connectivity index (χ1n) is 9.87. The van der Waals surface area contributed by atoms with Gasteiger partial charge in [-0.25, -0.2) is 0 Å². The van der Waals surface area contributed by atoms with E-state index in [-0.39, 0.29) is 5.02 Å². The Balaban J connectivity index is 2.28. The van der Waals surface area contributed by atoms with Gasteiger partial charge in [-0.3, -0.25) is 9.59 Å². The van der Waals surface area contributed by atoms with Gasteiger partial charge in [0.25, 0.3) is 5.91 Å². The number of nitrogens with one attached hydrogen (secondary N) is 1. The van der Waals surface area contributed by atoms with E-state index in [4.69, 9.17) is 30.5 Å². The molecule has 0 fully saturated rings. The van der Waals surface area contributed by atoms with Gasteiger partial charge in [-0.1, -0.05) is 11.6 Å². The fourth-order valence-electron chi connectivity index (χ4n) is 2.69. The molecule has 0 saturated heterocycles. The number of Topliss-reactive ketones (excluding diaryl/α,β-unsaturated/α-hetero) is 1. The maximum absolute atomic E-state index is 12.8. The van der Waals surface area contributed by atoms with Gasteiger partial charge < -0.3 is 24.3 Å². The number of azo groups is 1. The van der Waals surface area contributed by atoms with Crippen LogP contribution in [0.2, 0.25) is 5.02 Å². The van der Waals surface area contributed by atoms with Crippen molar-refractivity contribution in [2.24, 2.45) is 10.2 Å². The van der Waals surface area contributed by atoms with Crippen LogP contribution in [0.1, 0.15) is 20.8 Å². The van der Waals surface area contributed by atoms with E-state index in [9.17, 15) is 9.59 Å². The molecule has 0 aromatic heterocycles. The van der Waals surface area contributed by atoms with Crippen LogP contribution in [0.5, 0.6) is 23.0 Å². The second-order valence-electron chi connectivity index (χ2n) is 6.44. The largest absolute Gasteiger partial charge is 0.497 e. The number of halogens is 1. The van der Waals surface area contributed by atoms with Crippen LogP contribution < -0.4 is 24.3 Å². The van der Waals surface area contributed by atoms with Crippen molar-refractivity contribution in [3.8, 4) is 23.0 Å². The van der Waals surface area contributed by atoms with Crippen LogP contribution in [0.4, 0.5) is 11.4 Å². The molecule has 1 atom stereocenters. The first kappa shape index (κ1) is 24.9. The predicted octanol–water partition coefficient (Wildman–Crippen LogP) is 4.83. The van der Waals surface area contributed by atoms with Crippen LogP contribution in [0, 0.1) is 0 Å². The molecule has 0 bridgehead atoms. The highest BCUT2D eigenvalue weighted by molar-refractivity contribution is 6.32. The summed E-state index contributed by atoms with van der Waals surface area (Å²) in [6.45, 7) is 5.67. The second kappa shape index (κ2) is 11.9. The maximum Gasteiger partial charge on any atom is 0.258 e. The molecule has 1 amide bonds. The normalized spacial score (nSPS) is 11.7.